The summed E-state index contributed by atoms with van der Waals surface area (Å²) < 4.78 is 16.3. The predicted molar refractivity (Wildman–Crippen MR) is 99.3 cm³/mol. The molecule has 0 saturated heterocycles. The molecule has 3 aromatic rings. The van der Waals surface area contributed by atoms with Crippen molar-refractivity contribution in [2.24, 2.45) is 0 Å². The third-order valence-electron chi connectivity index (χ3n) is 4.05. The molecule has 0 aliphatic rings. The summed E-state index contributed by atoms with van der Waals surface area (Å²) >= 11 is 0. The zero-order valence-electron chi connectivity index (χ0n) is 14.9. The van der Waals surface area contributed by atoms with Gasteiger partial charge in [-0.05, 0) is 62.7 Å². The van der Waals surface area contributed by atoms with Crippen molar-refractivity contribution >= 4 is 16.8 Å². The van der Waals surface area contributed by atoms with Gasteiger partial charge >= 0.3 is 5.63 Å². The van der Waals surface area contributed by atoms with Gasteiger partial charge in [0.25, 0.3) is 0 Å². The lowest BCUT2D eigenvalue weighted by molar-refractivity contribution is 0.0818. The van der Waals surface area contributed by atoms with Gasteiger partial charge in [-0.1, -0.05) is 0 Å². The van der Waals surface area contributed by atoms with E-state index in [1.807, 2.05) is 19.9 Å². The number of Topliss-reactive ketones (excluding diaryl/α,β-unsaturated/α-hetero) is 1. The van der Waals surface area contributed by atoms with E-state index in [0.29, 0.717) is 23.5 Å². The van der Waals surface area contributed by atoms with Crippen LogP contribution in [0.4, 0.5) is 0 Å². The van der Waals surface area contributed by atoms with Crippen LogP contribution in [-0.4, -0.2) is 18.5 Å². The molecule has 0 amide bonds. The number of hydrogen-bond acceptors (Lipinski definition) is 5. The predicted octanol–water partition coefficient (Wildman–Crippen LogP) is 4.15. The molecular weight excluding hydrogens is 332 g/mol. The lowest BCUT2D eigenvalue weighted by Crippen LogP contribution is -2.23. The Hall–Kier alpha value is -3.08. The molecule has 0 spiro atoms. The quantitative estimate of drug-likeness (QED) is 0.492. The van der Waals surface area contributed by atoms with Crippen molar-refractivity contribution in [2.75, 3.05) is 6.61 Å². The van der Waals surface area contributed by atoms with Crippen molar-refractivity contribution in [3.05, 3.63) is 70.1 Å². The van der Waals surface area contributed by atoms with Crippen LogP contribution < -0.4 is 15.1 Å². The number of rotatable bonds is 6. The molecule has 0 unspecified atom stereocenters. The van der Waals surface area contributed by atoms with Gasteiger partial charge in [-0.3, -0.25) is 4.79 Å². The summed E-state index contributed by atoms with van der Waals surface area (Å²) in [6.45, 7) is 6.01. The van der Waals surface area contributed by atoms with Crippen molar-refractivity contribution in [3.63, 3.8) is 0 Å². The van der Waals surface area contributed by atoms with Crippen molar-refractivity contribution in [1.29, 1.82) is 0 Å². The van der Waals surface area contributed by atoms with Crippen molar-refractivity contribution in [2.45, 2.75) is 26.9 Å². The average molecular weight is 352 g/mol. The second-order valence-electron chi connectivity index (χ2n) is 5.99. The Morgan fingerprint density at radius 1 is 1.08 bits per heavy atom. The van der Waals surface area contributed by atoms with Crippen LogP contribution in [0.3, 0.4) is 0 Å². The zero-order chi connectivity index (χ0) is 18.7. The molecule has 0 N–H and O–H groups in total. The highest BCUT2D eigenvalue weighted by molar-refractivity contribution is 5.99. The summed E-state index contributed by atoms with van der Waals surface area (Å²) in [5.41, 5.74) is 1.41. The largest absolute Gasteiger partial charge is 0.494 e. The highest BCUT2D eigenvalue weighted by atomic mass is 16.5. The number of ether oxygens (including phenoxy) is 2. The summed E-state index contributed by atoms with van der Waals surface area (Å²) in [6, 6.07) is 13.6. The van der Waals surface area contributed by atoms with Crippen LogP contribution in [-0.2, 0) is 0 Å². The summed E-state index contributed by atoms with van der Waals surface area (Å²) in [5, 5.41) is 0.836. The number of aryl methyl sites for hydroxylation is 1. The Kier molecular flexibility index (Phi) is 5.07. The first-order valence-corrected chi connectivity index (χ1v) is 8.46. The van der Waals surface area contributed by atoms with Gasteiger partial charge in [0.05, 0.1) is 6.61 Å². The molecule has 0 fully saturated rings. The number of benzene rings is 2. The molecule has 2 aromatic carbocycles. The molecule has 0 radical (unpaired) electrons. The Bertz CT molecular complexity index is 985. The van der Waals surface area contributed by atoms with Gasteiger partial charge in [-0.25, -0.2) is 4.79 Å². The molecule has 0 saturated carbocycles. The van der Waals surface area contributed by atoms with E-state index < -0.39 is 11.7 Å². The second-order valence-corrected chi connectivity index (χ2v) is 5.99. The Balaban J connectivity index is 1.78. The van der Waals surface area contributed by atoms with Crippen LogP contribution in [0.5, 0.6) is 11.5 Å². The molecule has 1 atom stereocenters. The number of carbonyl (C=O) groups excluding carboxylic acids is 1. The molecule has 5 heteroatoms. The van der Waals surface area contributed by atoms with Crippen LogP contribution in [0.25, 0.3) is 11.0 Å². The van der Waals surface area contributed by atoms with E-state index in [4.69, 9.17) is 13.9 Å². The van der Waals surface area contributed by atoms with E-state index in [2.05, 4.69) is 0 Å². The first kappa shape index (κ1) is 17.7. The maximum absolute atomic E-state index is 12.6. The van der Waals surface area contributed by atoms with Gasteiger partial charge in [-0.15, -0.1) is 0 Å². The highest BCUT2D eigenvalue weighted by Crippen LogP contribution is 2.23. The number of carbonyl (C=O) groups is 1. The van der Waals surface area contributed by atoms with Gasteiger partial charge in [0.15, 0.2) is 6.10 Å². The number of ketones is 1. The third kappa shape index (κ3) is 3.77. The zero-order valence-corrected chi connectivity index (χ0v) is 14.9. The number of hydrogen-bond donors (Lipinski definition) is 0. The van der Waals surface area contributed by atoms with Crippen LogP contribution >= 0.6 is 0 Å². The van der Waals surface area contributed by atoms with E-state index >= 15 is 0 Å². The summed E-state index contributed by atoms with van der Waals surface area (Å²) in [4.78, 5) is 24.1. The fraction of sp³-hybridized carbons (Fsp3) is 0.238. The van der Waals surface area contributed by atoms with Gasteiger partial charge < -0.3 is 13.9 Å². The summed E-state index contributed by atoms with van der Waals surface area (Å²) in [7, 11) is 0. The third-order valence-corrected chi connectivity index (χ3v) is 4.05. The van der Waals surface area contributed by atoms with E-state index in [1.54, 1.807) is 43.3 Å². The molecule has 26 heavy (non-hydrogen) atoms. The molecule has 3 rings (SSSR count). The van der Waals surface area contributed by atoms with Crippen LogP contribution in [0.1, 0.15) is 29.8 Å². The molecule has 1 aromatic heterocycles. The summed E-state index contributed by atoms with van der Waals surface area (Å²) in [5.74, 6) is 1.05. The fourth-order valence-corrected chi connectivity index (χ4v) is 2.75. The first-order valence-electron chi connectivity index (χ1n) is 8.46. The SMILES string of the molecule is CCOc1ccc(C(=O)[C@H](C)Oc2ccc3c(C)cc(=O)oc3c2)cc1. The second kappa shape index (κ2) is 7.44. The van der Waals surface area contributed by atoms with Crippen LogP contribution in [0.2, 0.25) is 0 Å². The lowest BCUT2D eigenvalue weighted by Gasteiger charge is -2.14. The van der Waals surface area contributed by atoms with Gasteiger partial charge in [0, 0.05) is 23.1 Å². The van der Waals surface area contributed by atoms with Crippen molar-refractivity contribution < 1.29 is 18.7 Å². The maximum atomic E-state index is 12.6. The first-order chi connectivity index (χ1) is 12.5. The fourth-order valence-electron chi connectivity index (χ4n) is 2.75. The van der Waals surface area contributed by atoms with Crippen molar-refractivity contribution in [3.8, 4) is 11.5 Å². The van der Waals surface area contributed by atoms with Crippen LogP contribution in [0.15, 0.2) is 57.7 Å². The molecular formula is C21H20O5. The molecule has 0 aliphatic heterocycles. The minimum absolute atomic E-state index is 0.140. The van der Waals surface area contributed by atoms with Crippen molar-refractivity contribution in [1.82, 2.24) is 0 Å². The monoisotopic (exact) mass is 352 g/mol. The Labute approximate surface area is 151 Å². The Morgan fingerprint density at radius 2 is 1.77 bits per heavy atom. The molecule has 0 aliphatic carbocycles. The van der Waals surface area contributed by atoms with E-state index in [0.717, 1.165) is 16.7 Å². The van der Waals surface area contributed by atoms with Gasteiger partial charge in [0.1, 0.15) is 17.1 Å². The number of fused-ring (bicyclic) bond motifs is 1. The summed E-state index contributed by atoms with van der Waals surface area (Å²) in [6.07, 6.45) is -0.679. The van der Waals surface area contributed by atoms with E-state index in [9.17, 15) is 9.59 Å². The molecule has 134 valence electrons. The topological polar surface area (TPSA) is 65.7 Å². The smallest absolute Gasteiger partial charge is 0.336 e. The molecule has 0 bridgehead atoms. The van der Waals surface area contributed by atoms with Gasteiger partial charge in [-0.2, -0.15) is 0 Å². The normalized spacial score (nSPS) is 12.0. The van der Waals surface area contributed by atoms with E-state index in [-0.39, 0.29) is 5.78 Å². The average Bonchev–Trinajstić information content (AvgIpc) is 2.61. The minimum Gasteiger partial charge on any atom is -0.494 e. The molecule has 5 nitrogen and oxygen atoms in total. The van der Waals surface area contributed by atoms with Crippen LogP contribution in [0, 0.1) is 6.92 Å². The van der Waals surface area contributed by atoms with Gasteiger partial charge in [0.2, 0.25) is 5.78 Å². The molecule has 1 heterocycles. The highest BCUT2D eigenvalue weighted by Gasteiger charge is 2.17. The Morgan fingerprint density at radius 3 is 2.46 bits per heavy atom. The maximum Gasteiger partial charge on any atom is 0.336 e. The van der Waals surface area contributed by atoms with E-state index in [1.165, 1.54) is 6.07 Å². The standard InChI is InChI=1S/C21H20O5/c1-4-24-16-7-5-15(6-8-16)21(23)14(3)25-17-9-10-18-13(2)11-20(22)26-19(18)12-17/h5-12,14H,4H2,1-3H3/t14-/m0/s1. The minimum atomic E-state index is -0.679. The lowest BCUT2D eigenvalue weighted by atomic mass is 10.1.